The zero-order valence-corrected chi connectivity index (χ0v) is 10.5. The van der Waals surface area contributed by atoms with Crippen LogP contribution < -0.4 is 15.2 Å². The predicted molar refractivity (Wildman–Crippen MR) is 65.9 cm³/mol. The Morgan fingerprint density at radius 3 is 2.59 bits per heavy atom. The van der Waals surface area contributed by atoms with Gasteiger partial charge in [-0.15, -0.1) is 11.8 Å². The highest BCUT2D eigenvalue weighted by atomic mass is 32.2. The first-order valence-corrected chi connectivity index (χ1v) is 5.90. The number of carboxylic acid groups (broad SMARTS) is 1. The molecule has 3 N–H and O–H groups in total. The van der Waals surface area contributed by atoms with Crippen molar-refractivity contribution in [3.63, 3.8) is 0 Å². The number of carboxylic acids is 1. The van der Waals surface area contributed by atoms with Crippen LogP contribution >= 0.6 is 11.8 Å². The zero-order chi connectivity index (χ0) is 12.8. The molecule has 6 heteroatoms. The van der Waals surface area contributed by atoms with E-state index in [4.69, 9.17) is 20.3 Å². The summed E-state index contributed by atoms with van der Waals surface area (Å²) in [5.41, 5.74) is 5.41. The SMILES string of the molecule is COc1ccc(SCC(N)C(=O)O)cc1OC. The van der Waals surface area contributed by atoms with E-state index >= 15 is 0 Å². The van der Waals surface area contributed by atoms with Crippen LogP contribution in [0, 0.1) is 0 Å². The van der Waals surface area contributed by atoms with E-state index in [9.17, 15) is 4.79 Å². The van der Waals surface area contributed by atoms with E-state index in [-0.39, 0.29) is 0 Å². The molecule has 0 radical (unpaired) electrons. The molecule has 0 saturated heterocycles. The fraction of sp³-hybridized carbons (Fsp3) is 0.364. The second kappa shape index (κ2) is 6.36. The zero-order valence-electron chi connectivity index (χ0n) is 9.67. The first kappa shape index (κ1) is 13.7. The molecule has 1 aromatic carbocycles. The summed E-state index contributed by atoms with van der Waals surface area (Å²) in [5, 5.41) is 8.66. The minimum Gasteiger partial charge on any atom is -0.493 e. The van der Waals surface area contributed by atoms with Gasteiger partial charge in [-0.3, -0.25) is 4.79 Å². The number of ether oxygens (including phenoxy) is 2. The van der Waals surface area contributed by atoms with Crippen molar-refractivity contribution >= 4 is 17.7 Å². The Hall–Kier alpha value is -1.40. The quantitative estimate of drug-likeness (QED) is 0.745. The molecule has 1 atom stereocenters. The lowest BCUT2D eigenvalue weighted by molar-refractivity contribution is -0.137. The third-order valence-corrected chi connectivity index (χ3v) is 3.21. The van der Waals surface area contributed by atoms with Crippen LogP contribution in [0.4, 0.5) is 0 Å². The molecule has 0 aliphatic rings. The van der Waals surface area contributed by atoms with Crippen LogP contribution in [0.2, 0.25) is 0 Å². The normalized spacial score (nSPS) is 11.9. The number of hydrogen-bond donors (Lipinski definition) is 2. The van der Waals surface area contributed by atoms with Gasteiger partial charge >= 0.3 is 5.97 Å². The minimum absolute atomic E-state index is 0.310. The highest BCUT2D eigenvalue weighted by Gasteiger charge is 2.12. The fourth-order valence-electron chi connectivity index (χ4n) is 1.16. The van der Waals surface area contributed by atoms with E-state index in [0.29, 0.717) is 17.3 Å². The van der Waals surface area contributed by atoms with Crippen molar-refractivity contribution in [3.8, 4) is 11.5 Å². The van der Waals surface area contributed by atoms with Crippen molar-refractivity contribution in [2.75, 3.05) is 20.0 Å². The van der Waals surface area contributed by atoms with E-state index < -0.39 is 12.0 Å². The summed E-state index contributed by atoms with van der Waals surface area (Å²) in [6.07, 6.45) is 0. The predicted octanol–water partition coefficient (Wildman–Crippen LogP) is 1.21. The minimum atomic E-state index is -1.00. The van der Waals surface area contributed by atoms with Crippen molar-refractivity contribution < 1.29 is 19.4 Å². The van der Waals surface area contributed by atoms with Crippen LogP contribution in [0.5, 0.6) is 11.5 Å². The van der Waals surface area contributed by atoms with E-state index in [1.807, 2.05) is 6.07 Å². The Morgan fingerprint density at radius 1 is 1.41 bits per heavy atom. The number of nitrogens with two attached hydrogens (primary N) is 1. The van der Waals surface area contributed by atoms with Gasteiger partial charge in [0.1, 0.15) is 6.04 Å². The summed E-state index contributed by atoms with van der Waals surface area (Å²) < 4.78 is 10.2. The second-order valence-electron chi connectivity index (χ2n) is 3.27. The molecule has 0 fully saturated rings. The highest BCUT2D eigenvalue weighted by Crippen LogP contribution is 2.31. The molecule has 17 heavy (non-hydrogen) atoms. The lowest BCUT2D eigenvalue weighted by Gasteiger charge is -2.10. The number of aliphatic carboxylic acids is 1. The summed E-state index contributed by atoms with van der Waals surface area (Å²) >= 11 is 1.36. The lowest BCUT2D eigenvalue weighted by Crippen LogP contribution is -2.32. The average molecular weight is 257 g/mol. The molecule has 0 saturated carbocycles. The second-order valence-corrected chi connectivity index (χ2v) is 4.37. The van der Waals surface area contributed by atoms with Crippen molar-refractivity contribution in [1.29, 1.82) is 0 Å². The number of carbonyl (C=O) groups is 1. The van der Waals surface area contributed by atoms with Gasteiger partial charge in [-0.1, -0.05) is 0 Å². The van der Waals surface area contributed by atoms with E-state index in [1.165, 1.54) is 11.8 Å². The van der Waals surface area contributed by atoms with Crippen LogP contribution in [-0.4, -0.2) is 37.1 Å². The molecule has 0 amide bonds. The van der Waals surface area contributed by atoms with E-state index in [2.05, 4.69) is 0 Å². The van der Waals surface area contributed by atoms with Gasteiger partial charge in [0.25, 0.3) is 0 Å². The van der Waals surface area contributed by atoms with Gasteiger partial charge in [0.15, 0.2) is 11.5 Å². The molecule has 1 aromatic rings. The average Bonchev–Trinajstić information content (AvgIpc) is 2.35. The topological polar surface area (TPSA) is 81.8 Å². The maximum absolute atomic E-state index is 10.6. The Bertz CT molecular complexity index is 397. The van der Waals surface area contributed by atoms with Crippen LogP contribution in [0.25, 0.3) is 0 Å². The van der Waals surface area contributed by atoms with Gasteiger partial charge in [-0.2, -0.15) is 0 Å². The van der Waals surface area contributed by atoms with Gasteiger partial charge in [0, 0.05) is 10.6 Å². The van der Waals surface area contributed by atoms with Gasteiger partial charge in [-0.05, 0) is 18.2 Å². The summed E-state index contributed by atoms with van der Waals surface area (Å²) in [4.78, 5) is 11.4. The smallest absolute Gasteiger partial charge is 0.321 e. The molecule has 1 rings (SSSR count). The Morgan fingerprint density at radius 2 is 2.06 bits per heavy atom. The van der Waals surface area contributed by atoms with Crippen molar-refractivity contribution in [2.24, 2.45) is 5.73 Å². The Kier molecular flexibility index (Phi) is 5.11. The summed E-state index contributed by atoms with van der Waals surface area (Å²) in [6, 6.07) is 4.53. The summed E-state index contributed by atoms with van der Waals surface area (Å²) in [7, 11) is 3.11. The number of benzene rings is 1. The number of thioether (sulfide) groups is 1. The van der Waals surface area contributed by atoms with E-state index in [0.717, 1.165) is 4.90 Å². The van der Waals surface area contributed by atoms with Crippen LogP contribution in [0.15, 0.2) is 23.1 Å². The largest absolute Gasteiger partial charge is 0.493 e. The standard InChI is InChI=1S/C11H15NO4S/c1-15-9-4-3-7(5-10(9)16-2)17-6-8(12)11(13)14/h3-5,8H,6,12H2,1-2H3,(H,13,14). The van der Waals surface area contributed by atoms with Crippen LogP contribution in [-0.2, 0) is 4.79 Å². The molecule has 0 bridgehead atoms. The van der Waals surface area contributed by atoms with Gasteiger partial charge in [-0.25, -0.2) is 0 Å². The third-order valence-electron chi connectivity index (χ3n) is 2.10. The number of methoxy groups -OCH3 is 2. The maximum Gasteiger partial charge on any atom is 0.321 e. The molecule has 0 aromatic heterocycles. The van der Waals surface area contributed by atoms with Gasteiger partial charge in [0.2, 0.25) is 0 Å². The molecular formula is C11H15NO4S. The maximum atomic E-state index is 10.6. The number of rotatable bonds is 6. The molecule has 0 aliphatic carbocycles. The third kappa shape index (κ3) is 3.83. The molecular weight excluding hydrogens is 242 g/mol. The molecule has 0 spiro atoms. The monoisotopic (exact) mass is 257 g/mol. The molecule has 0 aliphatic heterocycles. The first-order chi connectivity index (χ1) is 8.08. The Balaban J connectivity index is 2.69. The molecule has 94 valence electrons. The molecule has 1 unspecified atom stereocenters. The molecule has 0 heterocycles. The lowest BCUT2D eigenvalue weighted by atomic mass is 10.3. The van der Waals surface area contributed by atoms with E-state index in [1.54, 1.807) is 26.4 Å². The fourth-order valence-corrected chi connectivity index (χ4v) is 2.03. The van der Waals surface area contributed by atoms with Gasteiger partial charge in [0.05, 0.1) is 14.2 Å². The highest BCUT2D eigenvalue weighted by molar-refractivity contribution is 7.99. The van der Waals surface area contributed by atoms with Crippen LogP contribution in [0.3, 0.4) is 0 Å². The first-order valence-electron chi connectivity index (χ1n) is 4.91. The Labute approximate surface area is 104 Å². The summed E-state index contributed by atoms with van der Waals surface area (Å²) in [6.45, 7) is 0. The number of hydrogen-bond acceptors (Lipinski definition) is 5. The van der Waals surface area contributed by atoms with Crippen molar-refractivity contribution in [2.45, 2.75) is 10.9 Å². The van der Waals surface area contributed by atoms with Gasteiger partial charge < -0.3 is 20.3 Å². The van der Waals surface area contributed by atoms with Crippen molar-refractivity contribution in [3.05, 3.63) is 18.2 Å². The van der Waals surface area contributed by atoms with Crippen molar-refractivity contribution in [1.82, 2.24) is 0 Å². The summed E-state index contributed by atoms with van der Waals surface area (Å²) in [5.74, 6) is 0.559. The molecule has 5 nitrogen and oxygen atoms in total. The van der Waals surface area contributed by atoms with Crippen LogP contribution in [0.1, 0.15) is 0 Å².